The molecular weight excluding hydrogens is 310 g/mol. The molecule has 0 saturated carbocycles. The molecule has 0 spiro atoms. The van der Waals surface area contributed by atoms with E-state index < -0.39 is 10.0 Å². The summed E-state index contributed by atoms with van der Waals surface area (Å²) in [6.45, 7) is 0.355. The molecular formula is C15H10ClNO3S. The third kappa shape index (κ3) is 1.61. The summed E-state index contributed by atoms with van der Waals surface area (Å²) < 4.78 is 27.1. The van der Waals surface area contributed by atoms with E-state index in [0.717, 1.165) is 5.56 Å². The van der Waals surface area contributed by atoms with E-state index in [1.54, 1.807) is 18.2 Å². The molecule has 0 aliphatic carbocycles. The SMILES string of the molecule is O=C1c2ccc(Cl)cc2S(=O)(=O)N2CCc3cccc1c32. The molecule has 6 heteroatoms. The molecule has 0 N–H and O–H groups in total. The van der Waals surface area contributed by atoms with Crippen LogP contribution in [0.25, 0.3) is 0 Å². The van der Waals surface area contributed by atoms with Crippen molar-refractivity contribution in [3.05, 3.63) is 58.1 Å². The smallest absolute Gasteiger partial charge is 0.265 e. The van der Waals surface area contributed by atoms with Gasteiger partial charge in [-0.05, 0) is 36.2 Å². The number of halogens is 1. The zero-order chi connectivity index (χ0) is 14.8. The first-order valence-electron chi connectivity index (χ1n) is 6.49. The van der Waals surface area contributed by atoms with Gasteiger partial charge in [0, 0.05) is 22.7 Å². The number of nitrogens with zero attached hydrogens (tertiary/aromatic N) is 1. The van der Waals surface area contributed by atoms with Crippen LogP contribution in [0.5, 0.6) is 0 Å². The van der Waals surface area contributed by atoms with Crippen molar-refractivity contribution in [2.24, 2.45) is 0 Å². The van der Waals surface area contributed by atoms with E-state index in [2.05, 4.69) is 0 Å². The van der Waals surface area contributed by atoms with Crippen LogP contribution in [0.4, 0.5) is 5.69 Å². The maximum atomic E-state index is 12.9. The van der Waals surface area contributed by atoms with Crippen LogP contribution < -0.4 is 4.31 Å². The molecule has 0 radical (unpaired) electrons. The van der Waals surface area contributed by atoms with Gasteiger partial charge in [-0.1, -0.05) is 23.7 Å². The topological polar surface area (TPSA) is 54.5 Å². The third-order valence-corrected chi connectivity index (χ3v) is 6.03. The van der Waals surface area contributed by atoms with Gasteiger partial charge in [0.25, 0.3) is 10.0 Å². The predicted octanol–water partition coefficient (Wildman–Crippen LogP) is 2.64. The molecule has 0 aromatic heterocycles. The maximum absolute atomic E-state index is 12.9. The second-order valence-corrected chi connectivity index (χ2v) is 7.38. The fourth-order valence-corrected chi connectivity index (χ4v) is 4.98. The molecule has 0 bridgehead atoms. The molecule has 2 heterocycles. The first-order valence-corrected chi connectivity index (χ1v) is 8.31. The summed E-state index contributed by atoms with van der Waals surface area (Å²) in [5.41, 5.74) is 2.04. The summed E-state index contributed by atoms with van der Waals surface area (Å²) in [4.78, 5) is 12.7. The highest BCUT2D eigenvalue weighted by molar-refractivity contribution is 7.93. The van der Waals surface area contributed by atoms with Crippen molar-refractivity contribution in [2.75, 3.05) is 10.8 Å². The highest BCUT2D eigenvalue weighted by atomic mass is 35.5. The lowest BCUT2D eigenvalue weighted by molar-refractivity contribution is 0.103. The Morgan fingerprint density at radius 1 is 1.10 bits per heavy atom. The van der Waals surface area contributed by atoms with Gasteiger partial charge in [0.05, 0.1) is 5.69 Å². The maximum Gasteiger partial charge on any atom is 0.265 e. The number of rotatable bonds is 0. The standard InChI is InChI=1S/C15H10ClNO3S/c16-10-4-5-11-13(8-10)21(19,20)17-7-6-9-2-1-3-12(14(9)17)15(11)18/h1-5,8H,6-7H2. The number of ketones is 1. The van der Waals surface area contributed by atoms with Crippen LogP contribution in [0.1, 0.15) is 21.5 Å². The molecule has 2 aliphatic heterocycles. The Morgan fingerprint density at radius 2 is 1.90 bits per heavy atom. The van der Waals surface area contributed by atoms with Gasteiger partial charge in [-0.15, -0.1) is 0 Å². The number of sulfonamides is 1. The van der Waals surface area contributed by atoms with Crippen molar-refractivity contribution in [1.29, 1.82) is 0 Å². The third-order valence-electron chi connectivity index (χ3n) is 3.95. The minimum Gasteiger partial charge on any atom is -0.288 e. The molecule has 4 nitrogen and oxygen atoms in total. The molecule has 106 valence electrons. The van der Waals surface area contributed by atoms with Gasteiger partial charge >= 0.3 is 0 Å². The van der Waals surface area contributed by atoms with E-state index in [-0.39, 0.29) is 16.2 Å². The number of fused-ring (bicyclic) bond motifs is 1. The number of benzene rings is 2. The van der Waals surface area contributed by atoms with E-state index >= 15 is 0 Å². The number of hydrogen-bond acceptors (Lipinski definition) is 3. The Hall–Kier alpha value is -1.85. The lowest BCUT2D eigenvalue weighted by Crippen LogP contribution is -2.29. The average molecular weight is 320 g/mol. The van der Waals surface area contributed by atoms with Crippen molar-refractivity contribution < 1.29 is 13.2 Å². The molecule has 0 saturated heterocycles. The Labute approximate surface area is 127 Å². The number of carbonyl (C=O) groups is 1. The van der Waals surface area contributed by atoms with Crippen molar-refractivity contribution in [2.45, 2.75) is 11.3 Å². The quantitative estimate of drug-likeness (QED) is 0.750. The Kier molecular flexibility index (Phi) is 2.50. The normalized spacial score (nSPS) is 18.1. The minimum absolute atomic E-state index is 0.0101. The van der Waals surface area contributed by atoms with Gasteiger partial charge in [-0.2, -0.15) is 0 Å². The number of carbonyl (C=O) groups excluding carboxylic acids is 1. The summed E-state index contributed by atoms with van der Waals surface area (Å²) in [5, 5.41) is 0.301. The highest BCUT2D eigenvalue weighted by Crippen LogP contribution is 2.41. The number of para-hydroxylation sites is 1. The fraction of sp³-hybridized carbons (Fsp3) is 0.133. The van der Waals surface area contributed by atoms with E-state index in [9.17, 15) is 13.2 Å². The summed E-state index contributed by atoms with van der Waals surface area (Å²) in [6.07, 6.45) is 0.617. The van der Waals surface area contributed by atoms with Crippen molar-refractivity contribution in [3.8, 4) is 0 Å². The molecule has 21 heavy (non-hydrogen) atoms. The van der Waals surface area contributed by atoms with Crippen LogP contribution in [-0.2, 0) is 16.4 Å². The lowest BCUT2D eigenvalue weighted by atomic mass is 9.99. The molecule has 0 atom stereocenters. The van der Waals surface area contributed by atoms with E-state index in [4.69, 9.17) is 11.6 Å². The van der Waals surface area contributed by atoms with Gasteiger partial charge in [-0.25, -0.2) is 8.42 Å². The molecule has 0 unspecified atom stereocenters. The lowest BCUT2D eigenvalue weighted by Gasteiger charge is -2.19. The van der Waals surface area contributed by atoms with Crippen LogP contribution >= 0.6 is 11.6 Å². The van der Waals surface area contributed by atoms with Crippen LogP contribution in [-0.4, -0.2) is 20.7 Å². The number of anilines is 1. The molecule has 2 aromatic rings. The summed E-state index contributed by atoms with van der Waals surface area (Å²) >= 11 is 5.93. The first kappa shape index (κ1) is 12.9. The average Bonchev–Trinajstić information content (AvgIpc) is 2.88. The van der Waals surface area contributed by atoms with Crippen LogP contribution in [0.2, 0.25) is 5.02 Å². The van der Waals surface area contributed by atoms with E-state index in [1.165, 1.54) is 16.4 Å². The van der Waals surface area contributed by atoms with Gasteiger partial charge in [0.15, 0.2) is 5.78 Å². The Morgan fingerprint density at radius 3 is 2.71 bits per heavy atom. The Bertz CT molecular complexity index is 905. The van der Waals surface area contributed by atoms with E-state index in [0.29, 0.717) is 29.2 Å². The second kappa shape index (κ2) is 4.08. The Balaban J connectivity index is 2.15. The molecule has 2 aromatic carbocycles. The zero-order valence-electron chi connectivity index (χ0n) is 10.8. The second-order valence-electron chi connectivity index (χ2n) is 5.11. The monoisotopic (exact) mass is 319 g/mol. The zero-order valence-corrected chi connectivity index (χ0v) is 12.4. The van der Waals surface area contributed by atoms with Crippen LogP contribution in [0.3, 0.4) is 0 Å². The predicted molar refractivity (Wildman–Crippen MR) is 79.6 cm³/mol. The van der Waals surface area contributed by atoms with E-state index in [1.807, 2.05) is 6.07 Å². The molecule has 2 aliphatic rings. The summed E-state index contributed by atoms with van der Waals surface area (Å²) in [6, 6.07) is 9.72. The largest absolute Gasteiger partial charge is 0.288 e. The first-order chi connectivity index (χ1) is 10.00. The number of hydrogen-bond donors (Lipinski definition) is 0. The van der Waals surface area contributed by atoms with Crippen molar-refractivity contribution in [3.63, 3.8) is 0 Å². The van der Waals surface area contributed by atoms with Crippen LogP contribution in [0.15, 0.2) is 41.3 Å². The van der Waals surface area contributed by atoms with Gasteiger partial charge in [0.2, 0.25) is 0 Å². The molecule has 4 rings (SSSR count). The van der Waals surface area contributed by atoms with Crippen LogP contribution in [0, 0.1) is 0 Å². The van der Waals surface area contributed by atoms with Crippen molar-refractivity contribution in [1.82, 2.24) is 0 Å². The fourth-order valence-electron chi connectivity index (χ4n) is 3.01. The molecule has 0 amide bonds. The molecule has 0 fully saturated rings. The highest BCUT2D eigenvalue weighted by Gasteiger charge is 2.39. The summed E-state index contributed by atoms with van der Waals surface area (Å²) in [5.74, 6) is -0.272. The van der Waals surface area contributed by atoms with Gasteiger partial charge in [-0.3, -0.25) is 9.10 Å². The summed E-state index contributed by atoms with van der Waals surface area (Å²) in [7, 11) is -3.76. The van der Waals surface area contributed by atoms with Gasteiger partial charge in [0.1, 0.15) is 4.90 Å². The minimum atomic E-state index is -3.76. The van der Waals surface area contributed by atoms with Crippen molar-refractivity contribution >= 4 is 33.1 Å². The van der Waals surface area contributed by atoms with Gasteiger partial charge < -0.3 is 0 Å².